The average molecular weight is 229 g/mol. The van der Waals surface area contributed by atoms with Gasteiger partial charge in [0.1, 0.15) is 0 Å². The van der Waals surface area contributed by atoms with Gasteiger partial charge < -0.3 is 14.8 Å². The van der Waals surface area contributed by atoms with E-state index in [1.54, 1.807) is 7.11 Å². The molecular weight excluding hydrogens is 202 g/mol. The minimum absolute atomic E-state index is 0.192. The Morgan fingerprint density at radius 2 is 2.12 bits per heavy atom. The largest absolute Gasteiger partial charge is 0.384 e. The van der Waals surface area contributed by atoms with E-state index in [1.165, 1.54) is 6.42 Å². The second kappa shape index (κ2) is 5.99. The Kier molecular flexibility index (Phi) is 5.22. The predicted octanol–water partition coefficient (Wildman–Crippen LogP) is 2.06. The summed E-state index contributed by atoms with van der Waals surface area (Å²) in [5.41, 5.74) is 0.192. The van der Waals surface area contributed by atoms with Gasteiger partial charge in [-0.3, -0.25) is 0 Å². The number of hydrogen-bond acceptors (Lipinski definition) is 3. The first kappa shape index (κ1) is 13.9. The lowest BCUT2D eigenvalue weighted by Gasteiger charge is -2.28. The molecule has 0 aromatic carbocycles. The van der Waals surface area contributed by atoms with Gasteiger partial charge in [0.15, 0.2) is 0 Å². The van der Waals surface area contributed by atoms with Crippen LogP contribution < -0.4 is 5.32 Å². The fourth-order valence-electron chi connectivity index (χ4n) is 2.30. The molecule has 1 aliphatic heterocycles. The number of rotatable bonds is 5. The Morgan fingerprint density at radius 3 is 2.69 bits per heavy atom. The van der Waals surface area contributed by atoms with Gasteiger partial charge in [0.25, 0.3) is 0 Å². The van der Waals surface area contributed by atoms with Crippen molar-refractivity contribution in [3.8, 4) is 0 Å². The molecule has 3 unspecified atom stereocenters. The maximum absolute atomic E-state index is 5.83. The van der Waals surface area contributed by atoms with Gasteiger partial charge in [0, 0.05) is 37.6 Å². The highest BCUT2D eigenvalue weighted by atomic mass is 16.5. The summed E-state index contributed by atoms with van der Waals surface area (Å²) in [6.45, 7) is 11.6. The molecule has 0 amide bonds. The minimum Gasteiger partial charge on any atom is -0.384 e. The zero-order valence-corrected chi connectivity index (χ0v) is 11.4. The summed E-state index contributed by atoms with van der Waals surface area (Å²) >= 11 is 0. The van der Waals surface area contributed by atoms with E-state index in [4.69, 9.17) is 9.47 Å². The molecule has 0 aromatic heterocycles. The fraction of sp³-hybridized carbons (Fsp3) is 1.00. The van der Waals surface area contributed by atoms with Crippen LogP contribution in [0.2, 0.25) is 0 Å². The Balaban J connectivity index is 2.40. The highest BCUT2D eigenvalue weighted by molar-refractivity contribution is 4.84. The van der Waals surface area contributed by atoms with E-state index in [0.29, 0.717) is 17.9 Å². The summed E-state index contributed by atoms with van der Waals surface area (Å²) in [4.78, 5) is 0. The zero-order valence-electron chi connectivity index (χ0n) is 11.4. The van der Waals surface area contributed by atoms with Crippen LogP contribution in [-0.4, -0.2) is 38.5 Å². The number of methoxy groups -OCH3 is 1. The molecule has 3 atom stereocenters. The summed E-state index contributed by atoms with van der Waals surface area (Å²) in [5, 5.41) is 3.57. The lowest BCUT2D eigenvalue weighted by Crippen LogP contribution is -2.42. The predicted molar refractivity (Wildman–Crippen MR) is 66.6 cm³/mol. The molecule has 0 spiro atoms. The molecule has 96 valence electrons. The third-order valence-electron chi connectivity index (χ3n) is 3.15. The van der Waals surface area contributed by atoms with E-state index in [0.717, 1.165) is 19.8 Å². The van der Waals surface area contributed by atoms with Gasteiger partial charge in [0.05, 0.1) is 12.7 Å². The summed E-state index contributed by atoms with van der Waals surface area (Å²) in [6.07, 6.45) is 1.52. The van der Waals surface area contributed by atoms with E-state index in [9.17, 15) is 0 Å². The van der Waals surface area contributed by atoms with Crippen molar-refractivity contribution < 1.29 is 9.47 Å². The van der Waals surface area contributed by atoms with Crippen LogP contribution in [0.3, 0.4) is 0 Å². The zero-order chi connectivity index (χ0) is 12.2. The Morgan fingerprint density at radius 1 is 1.44 bits per heavy atom. The van der Waals surface area contributed by atoms with Gasteiger partial charge in [-0.05, 0) is 27.2 Å². The lowest BCUT2D eigenvalue weighted by atomic mass is 9.91. The first-order valence-corrected chi connectivity index (χ1v) is 6.29. The molecule has 1 N–H and O–H groups in total. The minimum atomic E-state index is 0.192. The molecular formula is C13H27NO2. The molecule has 0 saturated carbocycles. The van der Waals surface area contributed by atoms with E-state index in [2.05, 4.69) is 33.0 Å². The maximum Gasteiger partial charge on any atom is 0.0663 e. The molecule has 1 rings (SSSR count). The summed E-state index contributed by atoms with van der Waals surface area (Å²) in [6, 6.07) is 0. The van der Waals surface area contributed by atoms with Gasteiger partial charge in [-0.2, -0.15) is 0 Å². The monoisotopic (exact) mass is 229 g/mol. The van der Waals surface area contributed by atoms with Crippen molar-refractivity contribution in [3.63, 3.8) is 0 Å². The molecule has 1 fully saturated rings. The van der Waals surface area contributed by atoms with Crippen molar-refractivity contribution >= 4 is 0 Å². The molecule has 16 heavy (non-hydrogen) atoms. The van der Waals surface area contributed by atoms with Crippen molar-refractivity contribution in [2.75, 3.05) is 26.9 Å². The number of nitrogens with one attached hydrogen (secondary N) is 1. The second-order valence-corrected chi connectivity index (χ2v) is 5.95. The van der Waals surface area contributed by atoms with Crippen molar-refractivity contribution in [3.05, 3.63) is 0 Å². The van der Waals surface area contributed by atoms with E-state index >= 15 is 0 Å². The molecule has 1 aliphatic rings. The van der Waals surface area contributed by atoms with Gasteiger partial charge in [-0.1, -0.05) is 6.92 Å². The first-order valence-electron chi connectivity index (χ1n) is 6.29. The van der Waals surface area contributed by atoms with Gasteiger partial charge >= 0.3 is 0 Å². The molecule has 0 bridgehead atoms. The van der Waals surface area contributed by atoms with Crippen molar-refractivity contribution in [1.29, 1.82) is 0 Å². The fourth-order valence-corrected chi connectivity index (χ4v) is 2.30. The Labute approximate surface area is 99.9 Å². The standard InChI is InChI=1S/C13H27NO2/c1-10(9-15-5)12-11(6-7-16-12)8-14-13(2,3)4/h10-12,14H,6-9H2,1-5H3. The van der Waals surface area contributed by atoms with E-state index in [1.807, 2.05) is 0 Å². The van der Waals surface area contributed by atoms with Gasteiger partial charge in [-0.15, -0.1) is 0 Å². The van der Waals surface area contributed by atoms with E-state index in [-0.39, 0.29) is 5.54 Å². The highest BCUT2D eigenvalue weighted by Crippen LogP contribution is 2.27. The molecule has 0 aromatic rings. The van der Waals surface area contributed by atoms with Crippen molar-refractivity contribution in [1.82, 2.24) is 5.32 Å². The van der Waals surface area contributed by atoms with Crippen molar-refractivity contribution in [2.24, 2.45) is 11.8 Å². The topological polar surface area (TPSA) is 30.5 Å². The lowest BCUT2D eigenvalue weighted by molar-refractivity contribution is 0.0133. The van der Waals surface area contributed by atoms with Crippen LogP contribution >= 0.6 is 0 Å². The van der Waals surface area contributed by atoms with E-state index < -0.39 is 0 Å². The second-order valence-electron chi connectivity index (χ2n) is 5.95. The first-order chi connectivity index (χ1) is 7.44. The quantitative estimate of drug-likeness (QED) is 0.783. The summed E-state index contributed by atoms with van der Waals surface area (Å²) in [5.74, 6) is 1.11. The van der Waals surface area contributed by atoms with Gasteiger partial charge in [-0.25, -0.2) is 0 Å². The average Bonchev–Trinajstić information content (AvgIpc) is 2.61. The molecule has 0 radical (unpaired) electrons. The maximum atomic E-state index is 5.83. The van der Waals surface area contributed by atoms with Gasteiger partial charge in [0.2, 0.25) is 0 Å². The highest BCUT2D eigenvalue weighted by Gasteiger charge is 2.32. The molecule has 3 heteroatoms. The van der Waals surface area contributed by atoms with Crippen LogP contribution in [0.15, 0.2) is 0 Å². The Bertz CT molecular complexity index is 201. The van der Waals surface area contributed by atoms with Crippen LogP contribution in [0.4, 0.5) is 0 Å². The van der Waals surface area contributed by atoms with Crippen LogP contribution in [0, 0.1) is 11.8 Å². The molecule has 3 nitrogen and oxygen atoms in total. The van der Waals surface area contributed by atoms with Crippen LogP contribution in [0.25, 0.3) is 0 Å². The third-order valence-corrected chi connectivity index (χ3v) is 3.15. The molecule has 1 heterocycles. The SMILES string of the molecule is COCC(C)C1OCCC1CNC(C)(C)C. The Hall–Kier alpha value is -0.120. The molecule has 1 saturated heterocycles. The summed E-state index contributed by atoms with van der Waals surface area (Å²) in [7, 11) is 1.76. The normalized spacial score (nSPS) is 28.3. The molecule has 0 aliphatic carbocycles. The third kappa shape index (κ3) is 4.40. The van der Waals surface area contributed by atoms with Crippen LogP contribution in [0.5, 0.6) is 0 Å². The number of hydrogen-bond donors (Lipinski definition) is 1. The van der Waals surface area contributed by atoms with Crippen molar-refractivity contribution in [2.45, 2.75) is 45.8 Å². The van der Waals surface area contributed by atoms with Crippen LogP contribution in [0.1, 0.15) is 34.1 Å². The smallest absolute Gasteiger partial charge is 0.0663 e. The summed E-state index contributed by atoms with van der Waals surface area (Å²) < 4.78 is 11.0. The van der Waals surface area contributed by atoms with Crippen LogP contribution in [-0.2, 0) is 9.47 Å². The number of ether oxygens (including phenoxy) is 2.